The highest BCUT2D eigenvalue weighted by Gasteiger charge is 2.27. The fraction of sp³-hybridized carbons (Fsp3) is 0.273. The number of sulfonamides is 1. The number of H-pyrrole nitrogens is 1. The highest BCUT2D eigenvalue weighted by Crippen LogP contribution is 2.19. The van der Waals surface area contributed by atoms with Crippen LogP contribution < -0.4 is 4.72 Å². The molecular formula is C11H13N3O5S. The van der Waals surface area contributed by atoms with Gasteiger partial charge in [0.1, 0.15) is 17.1 Å². The number of hydrogen-bond acceptors (Lipinski definition) is 5. The maximum Gasteiger partial charge on any atom is 0.340 e. The molecule has 0 aromatic carbocycles. The van der Waals surface area contributed by atoms with Crippen LogP contribution in [0.2, 0.25) is 0 Å². The van der Waals surface area contributed by atoms with E-state index in [0.717, 1.165) is 6.20 Å². The summed E-state index contributed by atoms with van der Waals surface area (Å²) in [5.41, 5.74) is -0.416. The Morgan fingerprint density at radius 1 is 1.50 bits per heavy atom. The molecule has 1 unspecified atom stereocenters. The van der Waals surface area contributed by atoms with Crippen molar-refractivity contribution in [2.24, 2.45) is 0 Å². The average molecular weight is 299 g/mol. The number of nitrogens with one attached hydrogen (secondary N) is 2. The van der Waals surface area contributed by atoms with Crippen LogP contribution >= 0.6 is 0 Å². The SMILES string of the molecule is Cc1ccc(C(C)NS(=O)(=O)c2[nH]ncc2C(=O)O)o1. The third-order valence-corrected chi connectivity index (χ3v) is 4.14. The third-order valence-electron chi connectivity index (χ3n) is 2.62. The predicted octanol–water partition coefficient (Wildman–Crippen LogP) is 1.05. The van der Waals surface area contributed by atoms with Gasteiger partial charge in [-0.15, -0.1) is 0 Å². The summed E-state index contributed by atoms with van der Waals surface area (Å²) in [5.74, 6) is -0.290. The number of aromatic carboxylic acids is 1. The lowest BCUT2D eigenvalue weighted by Gasteiger charge is -2.11. The van der Waals surface area contributed by atoms with Crippen LogP contribution in [0.4, 0.5) is 0 Å². The summed E-state index contributed by atoms with van der Waals surface area (Å²) in [5, 5.41) is 14.0. The van der Waals surface area contributed by atoms with E-state index in [4.69, 9.17) is 9.52 Å². The lowest BCUT2D eigenvalue weighted by Crippen LogP contribution is -2.28. The Hall–Kier alpha value is -2.13. The van der Waals surface area contributed by atoms with Crippen LogP contribution in [0.1, 0.15) is 34.8 Å². The number of furan rings is 1. The van der Waals surface area contributed by atoms with Crippen molar-refractivity contribution in [2.75, 3.05) is 0 Å². The van der Waals surface area contributed by atoms with Gasteiger partial charge in [-0.3, -0.25) is 5.10 Å². The van der Waals surface area contributed by atoms with E-state index in [0.29, 0.717) is 11.5 Å². The second-order valence-electron chi connectivity index (χ2n) is 4.21. The zero-order chi connectivity index (χ0) is 14.9. The lowest BCUT2D eigenvalue weighted by atomic mass is 10.3. The molecule has 0 bridgehead atoms. The summed E-state index contributed by atoms with van der Waals surface area (Å²) in [6.07, 6.45) is 0.943. The zero-order valence-corrected chi connectivity index (χ0v) is 11.6. The minimum absolute atomic E-state index is 0.416. The predicted molar refractivity (Wildman–Crippen MR) is 67.7 cm³/mol. The van der Waals surface area contributed by atoms with Gasteiger partial charge in [0.05, 0.1) is 12.2 Å². The molecule has 0 fully saturated rings. The maximum atomic E-state index is 12.1. The van der Waals surface area contributed by atoms with E-state index in [9.17, 15) is 13.2 Å². The summed E-state index contributed by atoms with van der Waals surface area (Å²) < 4.78 is 31.9. The molecule has 0 aliphatic carbocycles. The minimum atomic E-state index is -4.04. The van der Waals surface area contributed by atoms with Gasteiger partial charge in [0.2, 0.25) is 0 Å². The standard InChI is InChI=1S/C11H13N3O5S/c1-6-3-4-9(19-6)7(2)14-20(17,18)10-8(11(15)16)5-12-13-10/h3-5,7,14H,1-2H3,(H,12,13)(H,15,16). The molecule has 20 heavy (non-hydrogen) atoms. The minimum Gasteiger partial charge on any atom is -0.478 e. The van der Waals surface area contributed by atoms with Crippen LogP contribution in [-0.4, -0.2) is 29.7 Å². The molecule has 0 aliphatic rings. The molecule has 0 radical (unpaired) electrons. The first kappa shape index (κ1) is 14.3. The Kier molecular flexibility index (Phi) is 3.64. The molecule has 0 saturated heterocycles. The Balaban J connectivity index is 2.27. The van der Waals surface area contributed by atoms with Crippen LogP contribution in [0, 0.1) is 6.92 Å². The highest BCUT2D eigenvalue weighted by molar-refractivity contribution is 7.89. The first-order valence-electron chi connectivity index (χ1n) is 5.66. The van der Waals surface area contributed by atoms with E-state index in [1.807, 2.05) is 0 Å². The number of aromatic nitrogens is 2. The van der Waals surface area contributed by atoms with E-state index < -0.39 is 32.6 Å². The van der Waals surface area contributed by atoms with Crippen LogP contribution in [0.25, 0.3) is 0 Å². The second-order valence-corrected chi connectivity index (χ2v) is 5.86. The Morgan fingerprint density at radius 2 is 2.20 bits per heavy atom. The highest BCUT2D eigenvalue weighted by atomic mass is 32.2. The average Bonchev–Trinajstić information content (AvgIpc) is 2.96. The summed E-state index contributed by atoms with van der Waals surface area (Å²) in [6, 6.07) is 2.71. The number of carbonyl (C=O) groups is 1. The van der Waals surface area contributed by atoms with Crippen molar-refractivity contribution in [2.45, 2.75) is 24.9 Å². The van der Waals surface area contributed by atoms with Crippen molar-refractivity contribution in [3.8, 4) is 0 Å². The summed E-state index contributed by atoms with van der Waals surface area (Å²) in [6.45, 7) is 3.33. The van der Waals surface area contributed by atoms with Crippen molar-refractivity contribution in [3.05, 3.63) is 35.4 Å². The molecule has 0 spiro atoms. The van der Waals surface area contributed by atoms with E-state index in [1.54, 1.807) is 26.0 Å². The molecule has 3 N–H and O–H groups in total. The molecule has 8 nitrogen and oxygen atoms in total. The molecule has 0 aliphatic heterocycles. The van der Waals surface area contributed by atoms with Gasteiger partial charge < -0.3 is 9.52 Å². The molecule has 2 aromatic heterocycles. The fourth-order valence-corrected chi connectivity index (χ4v) is 2.97. The number of nitrogens with zero attached hydrogens (tertiary/aromatic N) is 1. The molecule has 1 atom stereocenters. The molecule has 0 saturated carbocycles. The van der Waals surface area contributed by atoms with E-state index in [1.165, 1.54) is 0 Å². The van der Waals surface area contributed by atoms with Gasteiger partial charge >= 0.3 is 5.97 Å². The van der Waals surface area contributed by atoms with Crippen molar-refractivity contribution < 1.29 is 22.7 Å². The van der Waals surface area contributed by atoms with Gasteiger partial charge in [-0.05, 0) is 26.0 Å². The number of hydrogen-bond donors (Lipinski definition) is 3. The van der Waals surface area contributed by atoms with Gasteiger partial charge in [0, 0.05) is 0 Å². The number of rotatable bonds is 5. The third kappa shape index (κ3) is 2.73. The molecular weight excluding hydrogens is 286 g/mol. The summed E-state index contributed by atoms with van der Waals surface area (Å²) in [7, 11) is -4.04. The first-order chi connectivity index (χ1) is 9.31. The van der Waals surface area contributed by atoms with Gasteiger partial charge in [0.15, 0.2) is 5.03 Å². The molecule has 9 heteroatoms. The largest absolute Gasteiger partial charge is 0.478 e. The number of carboxylic acids is 1. The van der Waals surface area contributed by atoms with Gasteiger partial charge in [-0.1, -0.05) is 0 Å². The van der Waals surface area contributed by atoms with Crippen LogP contribution in [0.5, 0.6) is 0 Å². The Bertz CT molecular complexity index is 731. The quantitative estimate of drug-likeness (QED) is 0.757. The fourth-order valence-electron chi connectivity index (χ4n) is 1.67. The maximum absolute atomic E-state index is 12.1. The van der Waals surface area contributed by atoms with Crippen molar-refractivity contribution in [3.63, 3.8) is 0 Å². The molecule has 0 amide bonds. The summed E-state index contributed by atoms with van der Waals surface area (Å²) >= 11 is 0. The molecule has 108 valence electrons. The zero-order valence-electron chi connectivity index (χ0n) is 10.7. The topological polar surface area (TPSA) is 125 Å². The Morgan fingerprint density at radius 3 is 2.75 bits per heavy atom. The lowest BCUT2D eigenvalue weighted by molar-refractivity contribution is 0.0692. The smallest absolute Gasteiger partial charge is 0.340 e. The molecule has 2 heterocycles. The molecule has 2 aromatic rings. The first-order valence-corrected chi connectivity index (χ1v) is 7.15. The van der Waals surface area contributed by atoms with Gasteiger partial charge in [-0.25, -0.2) is 13.2 Å². The van der Waals surface area contributed by atoms with Crippen molar-refractivity contribution >= 4 is 16.0 Å². The van der Waals surface area contributed by atoms with Crippen LogP contribution in [0.3, 0.4) is 0 Å². The number of aromatic amines is 1. The van der Waals surface area contributed by atoms with Crippen LogP contribution in [-0.2, 0) is 10.0 Å². The van der Waals surface area contributed by atoms with Crippen molar-refractivity contribution in [1.29, 1.82) is 0 Å². The second kappa shape index (κ2) is 5.10. The van der Waals surface area contributed by atoms with Crippen molar-refractivity contribution in [1.82, 2.24) is 14.9 Å². The monoisotopic (exact) mass is 299 g/mol. The Labute approximate surface area is 114 Å². The molecule has 2 rings (SSSR count). The normalized spacial score (nSPS) is 13.3. The van der Waals surface area contributed by atoms with E-state index in [2.05, 4.69) is 14.9 Å². The van der Waals surface area contributed by atoms with Gasteiger partial charge in [0.25, 0.3) is 10.0 Å². The van der Waals surface area contributed by atoms with Crippen LogP contribution in [0.15, 0.2) is 27.8 Å². The summed E-state index contributed by atoms with van der Waals surface area (Å²) in [4.78, 5) is 10.9. The number of carboxylic acid groups (broad SMARTS) is 1. The van der Waals surface area contributed by atoms with E-state index >= 15 is 0 Å². The van der Waals surface area contributed by atoms with Gasteiger partial charge in [-0.2, -0.15) is 9.82 Å². The van der Waals surface area contributed by atoms with E-state index in [-0.39, 0.29) is 0 Å². The number of aryl methyl sites for hydroxylation is 1.